The van der Waals surface area contributed by atoms with E-state index in [0.29, 0.717) is 18.0 Å². The fourth-order valence-corrected chi connectivity index (χ4v) is 2.44. The van der Waals surface area contributed by atoms with Crippen molar-refractivity contribution in [2.24, 2.45) is 5.92 Å². The monoisotopic (exact) mass is 248 g/mol. The van der Waals surface area contributed by atoms with Crippen molar-refractivity contribution < 1.29 is 9.59 Å². The third kappa shape index (κ3) is 3.07. The van der Waals surface area contributed by atoms with Crippen molar-refractivity contribution in [1.82, 2.24) is 10.2 Å². The standard InChI is InChI=1S/C14H20N2O2/c1-11(10-12-5-7-15-8-6-12)14(18)16-9-3-2-4-13(16)17/h2,4,10,12,15H,3,5-9H2,1H3/b11-10-. The molecule has 2 heterocycles. The number of piperidine rings is 1. The summed E-state index contributed by atoms with van der Waals surface area (Å²) in [6.07, 6.45) is 8.24. The topological polar surface area (TPSA) is 49.4 Å². The molecule has 18 heavy (non-hydrogen) atoms. The van der Waals surface area contributed by atoms with E-state index in [1.54, 1.807) is 0 Å². The number of hydrogen-bond donors (Lipinski definition) is 1. The van der Waals surface area contributed by atoms with Crippen molar-refractivity contribution in [2.75, 3.05) is 19.6 Å². The molecule has 2 amide bonds. The van der Waals surface area contributed by atoms with Crippen molar-refractivity contribution in [3.05, 3.63) is 23.8 Å². The average molecular weight is 248 g/mol. The molecule has 98 valence electrons. The minimum Gasteiger partial charge on any atom is -0.317 e. The van der Waals surface area contributed by atoms with Gasteiger partial charge in [-0.15, -0.1) is 0 Å². The molecule has 1 saturated heterocycles. The number of allylic oxidation sites excluding steroid dienone is 1. The van der Waals surface area contributed by atoms with E-state index < -0.39 is 0 Å². The van der Waals surface area contributed by atoms with Gasteiger partial charge in [-0.2, -0.15) is 0 Å². The Labute approximate surface area is 108 Å². The van der Waals surface area contributed by atoms with Gasteiger partial charge in [0, 0.05) is 12.1 Å². The molecule has 0 aromatic carbocycles. The van der Waals surface area contributed by atoms with Gasteiger partial charge in [0.15, 0.2) is 0 Å². The van der Waals surface area contributed by atoms with Crippen LogP contribution < -0.4 is 5.32 Å². The van der Waals surface area contributed by atoms with Crippen molar-refractivity contribution >= 4 is 11.8 Å². The Hall–Kier alpha value is -1.42. The predicted octanol–water partition coefficient (Wildman–Crippen LogP) is 1.25. The van der Waals surface area contributed by atoms with Crippen LogP contribution in [0.5, 0.6) is 0 Å². The molecule has 0 aromatic rings. The minimum atomic E-state index is -0.190. The lowest BCUT2D eigenvalue weighted by Crippen LogP contribution is -2.39. The lowest BCUT2D eigenvalue weighted by molar-refractivity contribution is -0.139. The Morgan fingerprint density at radius 3 is 2.83 bits per heavy atom. The molecule has 1 N–H and O–H groups in total. The number of rotatable bonds is 2. The van der Waals surface area contributed by atoms with E-state index in [1.165, 1.54) is 11.0 Å². The molecule has 0 saturated carbocycles. The van der Waals surface area contributed by atoms with Crippen molar-refractivity contribution in [3.8, 4) is 0 Å². The summed E-state index contributed by atoms with van der Waals surface area (Å²) >= 11 is 0. The van der Waals surface area contributed by atoms with Crippen LogP contribution in [-0.2, 0) is 9.59 Å². The molecule has 0 radical (unpaired) electrons. The molecular formula is C14H20N2O2. The third-order valence-electron chi connectivity index (χ3n) is 3.50. The Balaban J connectivity index is 2.01. The molecule has 2 aliphatic heterocycles. The summed E-state index contributed by atoms with van der Waals surface area (Å²) in [7, 11) is 0. The molecule has 4 nitrogen and oxygen atoms in total. The molecular weight excluding hydrogens is 228 g/mol. The number of nitrogens with zero attached hydrogens (tertiary/aromatic N) is 1. The first kappa shape index (κ1) is 13.0. The van der Waals surface area contributed by atoms with E-state index in [9.17, 15) is 9.59 Å². The SMILES string of the molecule is C/C(=C/C1CCNCC1)C(=O)N1CCC=CC1=O. The van der Waals surface area contributed by atoms with Crippen LogP contribution in [0.1, 0.15) is 26.2 Å². The van der Waals surface area contributed by atoms with Crippen LogP contribution in [-0.4, -0.2) is 36.3 Å². The molecule has 0 unspecified atom stereocenters. The van der Waals surface area contributed by atoms with Gasteiger partial charge in [-0.1, -0.05) is 12.2 Å². The van der Waals surface area contributed by atoms with Gasteiger partial charge in [-0.05, 0) is 51.3 Å². The van der Waals surface area contributed by atoms with Crippen molar-refractivity contribution in [3.63, 3.8) is 0 Å². The van der Waals surface area contributed by atoms with E-state index >= 15 is 0 Å². The summed E-state index contributed by atoms with van der Waals surface area (Å²) in [6, 6.07) is 0. The van der Waals surface area contributed by atoms with Gasteiger partial charge in [0.2, 0.25) is 0 Å². The van der Waals surface area contributed by atoms with Gasteiger partial charge in [0.1, 0.15) is 0 Å². The Kier molecular flexibility index (Phi) is 4.31. The molecule has 0 aromatic heterocycles. The van der Waals surface area contributed by atoms with Crippen LogP contribution in [0.2, 0.25) is 0 Å². The number of carbonyl (C=O) groups is 2. The smallest absolute Gasteiger partial charge is 0.256 e. The summed E-state index contributed by atoms with van der Waals surface area (Å²) in [5.74, 6) is 0.137. The second kappa shape index (κ2) is 5.96. The highest BCUT2D eigenvalue weighted by molar-refractivity contribution is 6.07. The number of amides is 2. The maximum atomic E-state index is 12.2. The molecule has 2 rings (SSSR count). The average Bonchev–Trinajstić information content (AvgIpc) is 2.39. The van der Waals surface area contributed by atoms with E-state index in [2.05, 4.69) is 5.32 Å². The highest BCUT2D eigenvalue weighted by Crippen LogP contribution is 2.17. The van der Waals surface area contributed by atoms with Crippen molar-refractivity contribution in [1.29, 1.82) is 0 Å². The summed E-state index contributed by atoms with van der Waals surface area (Å²) in [6.45, 7) is 4.34. The Bertz CT molecular complexity index is 393. The second-order valence-electron chi connectivity index (χ2n) is 4.92. The second-order valence-corrected chi connectivity index (χ2v) is 4.92. The normalized spacial score (nSPS) is 22.4. The first-order valence-electron chi connectivity index (χ1n) is 6.60. The quantitative estimate of drug-likeness (QED) is 0.748. The lowest BCUT2D eigenvalue weighted by Gasteiger charge is -2.24. The van der Waals surface area contributed by atoms with Gasteiger partial charge >= 0.3 is 0 Å². The summed E-state index contributed by atoms with van der Waals surface area (Å²) < 4.78 is 0. The number of imide groups is 1. The largest absolute Gasteiger partial charge is 0.317 e. The van der Waals surface area contributed by atoms with Crippen LogP contribution in [0.3, 0.4) is 0 Å². The maximum Gasteiger partial charge on any atom is 0.256 e. The van der Waals surface area contributed by atoms with Gasteiger partial charge < -0.3 is 5.32 Å². The van der Waals surface area contributed by atoms with Crippen LogP contribution in [0, 0.1) is 5.92 Å². The first-order valence-corrected chi connectivity index (χ1v) is 6.60. The van der Waals surface area contributed by atoms with E-state index in [-0.39, 0.29) is 11.8 Å². The van der Waals surface area contributed by atoms with E-state index in [1.807, 2.05) is 19.1 Å². The fraction of sp³-hybridized carbons (Fsp3) is 0.571. The molecule has 0 atom stereocenters. The van der Waals surface area contributed by atoms with Gasteiger partial charge in [-0.3, -0.25) is 14.5 Å². The zero-order valence-electron chi connectivity index (χ0n) is 10.8. The van der Waals surface area contributed by atoms with Crippen LogP contribution in [0.25, 0.3) is 0 Å². The van der Waals surface area contributed by atoms with Crippen LogP contribution in [0.4, 0.5) is 0 Å². The van der Waals surface area contributed by atoms with E-state index in [4.69, 9.17) is 0 Å². The Morgan fingerprint density at radius 2 is 2.17 bits per heavy atom. The number of carbonyl (C=O) groups excluding carboxylic acids is 2. The molecule has 2 aliphatic rings. The number of nitrogens with one attached hydrogen (secondary N) is 1. The Morgan fingerprint density at radius 1 is 1.44 bits per heavy atom. The number of hydrogen-bond acceptors (Lipinski definition) is 3. The molecule has 4 heteroatoms. The minimum absolute atomic E-state index is 0.136. The highest BCUT2D eigenvalue weighted by Gasteiger charge is 2.23. The fourth-order valence-electron chi connectivity index (χ4n) is 2.44. The molecule has 1 fully saturated rings. The lowest BCUT2D eigenvalue weighted by atomic mass is 9.95. The van der Waals surface area contributed by atoms with Gasteiger partial charge in [-0.25, -0.2) is 0 Å². The molecule has 0 spiro atoms. The van der Waals surface area contributed by atoms with Crippen molar-refractivity contribution in [2.45, 2.75) is 26.2 Å². The summed E-state index contributed by atoms with van der Waals surface area (Å²) in [5, 5.41) is 3.30. The molecule has 0 aliphatic carbocycles. The van der Waals surface area contributed by atoms with E-state index in [0.717, 1.165) is 32.4 Å². The third-order valence-corrected chi connectivity index (χ3v) is 3.50. The molecule has 0 bridgehead atoms. The van der Waals surface area contributed by atoms with Crippen LogP contribution in [0.15, 0.2) is 23.8 Å². The first-order chi connectivity index (χ1) is 8.68. The van der Waals surface area contributed by atoms with Gasteiger partial charge in [0.05, 0.1) is 0 Å². The zero-order chi connectivity index (χ0) is 13.0. The van der Waals surface area contributed by atoms with Gasteiger partial charge in [0.25, 0.3) is 11.8 Å². The summed E-state index contributed by atoms with van der Waals surface area (Å²) in [4.78, 5) is 25.1. The zero-order valence-corrected chi connectivity index (χ0v) is 10.8. The summed E-state index contributed by atoms with van der Waals surface area (Å²) in [5.41, 5.74) is 0.700. The highest BCUT2D eigenvalue weighted by atomic mass is 16.2. The maximum absolute atomic E-state index is 12.2. The predicted molar refractivity (Wildman–Crippen MR) is 69.8 cm³/mol. The van der Waals surface area contributed by atoms with Crippen LogP contribution >= 0.6 is 0 Å².